The van der Waals surface area contributed by atoms with E-state index in [9.17, 15) is 0 Å². The summed E-state index contributed by atoms with van der Waals surface area (Å²) in [6.07, 6.45) is 7.82. The minimum Gasteiger partial charge on any atom is -0.329 e. The first-order valence-corrected chi connectivity index (χ1v) is 8.11. The summed E-state index contributed by atoms with van der Waals surface area (Å²) in [6, 6.07) is 0.611. The number of rotatable bonds is 3. The largest absolute Gasteiger partial charge is 0.329 e. The minimum atomic E-state index is 0.416. The van der Waals surface area contributed by atoms with Crippen molar-refractivity contribution >= 4 is 11.8 Å². The number of hydrogen-bond donors (Lipinski definition) is 1. The molecule has 1 fully saturated rings. The van der Waals surface area contributed by atoms with E-state index in [1.54, 1.807) is 0 Å². The van der Waals surface area contributed by atoms with Crippen LogP contribution in [0.15, 0.2) is 17.6 Å². The highest BCUT2D eigenvalue weighted by Gasteiger charge is 2.36. The van der Waals surface area contributed by atoms with E-state index in [2.05, 4.69) is 49.7 Å². The number of nitrogens with zero attached hydrogens (tertiary/aromatic N) is 2. The Morgan fingerprint density at radius 2 is 2.11 bits per heavy atom. The van der Waals surface area contributed by atoms with E-state index in [0.717, 1.165) is 11.1 Å². The monoisotopic (exact) mass is 281 g/mol. The fourth-order valence-electron chi connectivity index (χ4n) is 2.98. The van der Waals surface area contributed by atoms with Gasteiger partial charge in [-0.1, -0.05) is 32.5 Å². The van der Waals surface area contributed by atoms with Crippen LogP contribution in [0.5, 0.6) is 0 Å². The number of thioether (sulfide) groups is 1. The van der Waals surface area contributed by atoms with Crippen molar-refractivity contribution in [2.24, 2.45) is 18.4 Å². The van der Waals surface area contributed by atoms with Crippen LogP contribution in [0.4, 0.5) is 0 Å². The molecule has 0 bridgehead atoms. The predicted octanol–water partition coefficient (Wildman–Crippen LogP) is 3.32. The normalized spacial score (nSPS) is 28.6. The van der Waals surface area contributed by atoms with Crippen LogP contribution in [0, 0.1) is 11.3 Å². The molecular weight excluding hydrogens is 254 g/mol. The fourth-order valence-corrected chi connectivity index (χ4v) is 4.36. The van der Waals surface area contributed by atoms with Crippen molar-refractivity contribution in [3.8, 4) is 0 Å². The highest BCUT2D eigenvalue weighted by Crippen LogP contribution is 2.42. The van der Waals surface area contributed by atoms with Crippen LogP contribution in [0.2, 0.25) is 0 Å². The van der Waals surface area contributed by atoms with E-state index in [4.69, 9.17) is 0 Å². The van der Waals surface area contributed by atoms with E-state index < -0.39 is 0 Å². The number of aryl methyl sites for hydroxylation is 1. The molecule has 1 saturated carbocycles. The predicted molar refractivity (Wildman–Crippen MR) is 82.5 cm³/mol. The maximum Gasteiger partial charge on any atom is 0.167 e. The summed E-state index contributed by atoms with van der Waals surface area (Å²) in [6.45, 7) is 7.12. The van der Waals surface area contributed by atoms with Crippen molar-refractivity contribution in [3.63, 3.8) is 0 Å². The Balaban J connectivity index is 2.08. The molecule has 19 heavy (non-hydrogen) atoms. The first kappa shape index (κ1) is 14.9. The minimum absolute atomic E-state index is 0.416. The maximum atomic E-state index is 4.46. The van der Waals surface area contributed by atoms with Crippen LogP contribution in [0.1, 0.15) is 40.0 Å². The van der Waals surface area contributed by atoms with Crippen LogP contribution >= 0.6 is 11.8 Å². The zero-order valence-electron chi connectivity index (χ0n) is 12.8. The van der Waals surface area contributed by atoms with Crippen LogP contribution in [-0.2, 0) is 7.05 Å². The average Bonchev–Trinajstić information content (AvgIpc) is 2.74. The first-order chi connectivity index (χ1) is 8.91. The Morgan fingerprint density at radius 1 is 1.37 bits per heavy atom. The molecule has 0 aromatic carbocycles. The summed E-state index contributed by atoms with van der Waals surface area (Å²) >= 11 is 1.94. The van der Waals surface area contributed by atoms with Crippen LogP contribution < -0.4 is 5.32 Å². The third-order valence-corrected chi connectivity index (χ3v) is 5.85. The lowest BCUT2D eigenvalue weighted by Crippen LogP contribution is -2.43. The quantitative estimate of drug-likeness (QED) is 0.922. The van der Waals surface area contributed by atoms with Gasteiger partial charge in [0.2, 0.25) is 0 Å². The summed E-state index contributed by atoms with van der Waals surface area (Å²) in [5.41, 5.74) is 0.416. The maximum absolute atomic E-state index is 4.46. The summed E-state index contributed by atoms with van der Waals surface area (Å²) in [7, 11) is 4.17. The van der Waals surface area contributed by atoms with Gasteiger partial charge in [0.1, 0.15) is 0 Å². The molecular formula is C15H27N3S. The van der Waals surface area contributed by atoms with Crippen molar-refractivity contribution in [3.05, 3.63) is 12.4 Å². The highest BCUT2D eigenvalue weighted by molar-refractivity contribution is 7.99. The van der Waals surface area contributed by atoms with Crippen molar-refractivity contribution in [2.75, 3.05) is 7.05 Å². The first-order valence-electron chi connectivity index (χ1n) is 7.23. The smallest absolute Gasteiger partial charge is 0.167 e. The number of imidazole rings is 1. The molecule has 0 amide bonds. The van der Waals surface area contributed by atoms with E-state index in [1.807, 2.05) is 24.2 Å². The second-order valence-electron chi connectivity index (χ2n) is 6.75. The third-order valence-electron chi connectivity index (χ3n) is 4.42. The van der Waals surface area contributed by atoms with Crippen molar-refractivity contribution < 1.29 is 0 Å². The zero-order chi connectivity index (χ0) is 14.0. The summed E-state index contributed by atoms with van der Waals surface area (Å²) in [4.78, 5) is 4.46. The van der Waals surface area contributed by atoms with Gasteiger partial charge in [0.25, 0.3) is 0 Å². The molecule has 2 rings (SSSR count). The van der Waals surface area contributed by atoms with Gasteiger partial charge in [0.05, 0.1) is 0 Å². The van der Waals surface area contributed by atoms with Gasteiger partial charge >= 0.3 is 0 Å². The van der Waals surface area contributed by atoms with Gasteiger partial charge in [0, 0.05) is 30.7 Å². The molecule has 4 heteroatoms. The van der Waals surface area contributed by atoms with Crippen LogP contribution in [0.25, 0.3) is 0 Å². The Morgan fingerprint density at radius 3 is 2.63 bits per heavy atom. The Kier molecular flexibility index (Phi) is 4.62. The van der Waals surface area contributed by atoms with Gasteiger partial charge in [-0.15, -0.1) is 0 Å². The molecule has 3 atom stereocenters. The molecule has 1 aliphatic rings. The Labute approximate surface area is 121 Å². The lowest BCUT2D eigenvalue weighted by Gasteiger charge is -2.41. The summed E-state index contributed by atoms with van der Waals surface area (Å²) in [5.74, 6) is 0.815. The summed E-state index contributed by atoms with van der Waals surface area (Å²) < 4.78 is 2.12. The van der Waals surface area contributed by atoms with E-state index in [1.165, 1.54) is 19.3 Å². The average molecular weight is 281 g/mol. The van der Waals surface area contributed by atoms with Gasteiger partial charge in [0.15, 0.2) is 5.16 Å². The second-order valence-corrected chi connectivity index (χ2v) is 7.95. The molecule has 1 heterocycles. The molecule has 1 aromatic rings. The molecule has 3 nitrogen and oxygen atoms in total. The highest BCUT2D eigenvalue weighted by atomic mass is 32.2. The molecule has 0 saturated heterocycles. The Hall–Kier alpha value is -0.480. The van der Waals surface area contributed by atoms with Gasteiger partial charge in [-0.05, 0) is 37.6 Å². The molecule has 1 aromatic heterocycles. The lowest BCUT2D eigenvalue weighted by atomic mass is 9.71. The topological polar surface area (TPSA) is 29.9 Å². The van der Waals surface area contributed by atoms with Gasteiger partial charge in [-0.3, -0.25) is 0 Å². The fraction of sp³-hybridized carbons (Fsp3) is 0.800. The zero-order valence-corrected chi connectivity index (χ0v) is 13.6. The molecule has 0 aliphatic heterocycles. The van der Waals surface area contributed by atoms with E-state index in [-0.39, 0.29) is 0 Å². The van der Waals surface area contributed by atoms with Crippen molar-refractivity contribution in [1.29, 1.82) is 0 Å². The standard InChI is InChI=1S/C15H27N3S/c1-15(2,3)11-6-7-12(16-4)13(10-11)19-14-17-8-9-18(14)5/h8-9,11-13,16H,6-7,10H2,1-5H3. The lowest BCUT2D eigenvalue weighted by molar-refractivity contribution is 0.167. The van der Waals surface area contributed by atoms with Gasteiger partial charge < -0.3 is 9.88 Å². The molecule has 108 valence electrons. The second kappa shape index (κ2) is 5.88. The summed E-state index contributed by atoms with van der Waals surface area (Å²) in [5, 5.41) is 5.27. The van der Waals surface area contributed by atoms with Crippen LogP contribution in [-0.4, -0.2) is 27.9 Å². The van der Waals surface area contributed by atoms with Gasteiger partial charge in [-0.2, -0.15) is 0 Å². The number of nitrogens with one attached hydrogen (secondary N) is 1. The molecule has 1 N–H and O–H groups in total. The van der Waals surface area contributed by atoms with Gasteiger partial charge in [-0.25, -0.2) is 4.98 Å². The van der Waals surface area contributed by atoms with Crippen LogP contribution in [0.3, 0.4) is 0 Å². The molecule has 1 aliphatic carbocycles. The van der Waals surface area contributed by atoms with Crippen molar-refractivity contribution in [1.82, 2.24) is 14.9 Å². The SMILES string of the molecule is CNC1CCC(C(C)(C)C)CC1Sc1nccn1C. The number of hydrogen-bond acceptors (Lipinski definition) is 3. The molecule has 3 unspecified atom stereocenters. The van der Waals surface area contributed by atoms with E-state index in [0.29, 0.717) is 16.7 Å². The number of aromatic nitrogens is 2. The Bertz CT molecular complexity index is 408. The van der Waals surface area contributed by atoms with Crippen molar-refractivity contribution in [2.45, 2.75) is 56.5 Å². The van der Waals surface area contributed by atoms with E-state index >= 15 is 0 Å². The molecule has 0 spiro atoms. The third kappa shape index (κ3) is 3.54. The molecule has 0 radical (unpaired) electrons.